The second-order valence-electron chi connectivity index (χ2n) is 9.05. The van der Waals surface area contributed by atoms with E-state index >= 15 is 0 Å². The smallest absolute Gasteiger partial charge is 0.307 e. The molecule has 3 nitrogen and oxygen atoms in total. The van der Waals surface area contributed by atoms with Crippen LogP contribution in [-0.2, 0) is 16.1 Å². The van der Waals surface area contributed by atoms with Crippen molar-refractivity contribution >= 4 is 5.97 Å². The first kappa shape index (κ1) is 26.2. The predicted molar refractivity (Wildman–Crippen MR) is 143 cm³/mol. The number of hydrogen-bond donors (Lipinski definition) is 0. The van der Waals surface area contributed by atoms with Gasteiger partial charge in [-0.05, 0) is 59.9 Å². The van der Waals surface area contributed by atoms with E-state index < -0.39 is 11.6 Å². The van der Waals surface area contributed by atoms with Gasteiger partial charge < -0.3 is 4.74 Å². The minimum atomic E-state index is -0.633. The number of carbonyl (C=O) groups excluding carboxylic acids is 1. The Balaban J connectivity index is 1.80. The van der Waals surface area contributed by atoms with Gasteiger partial charge in [-0.3, -0.25) is 9.69 Å². The van der Waals surface area contributed by atoms with Gasteiger partial charge in [-0.2, -0.15) is 0 Å². The molecule has 5 heteroatoms. The molecule has 0 heterocycles. The van der Waals surface area contributed by atoms with Crippen LogP contribution in [0.25, 0.3) is 11.1 Å². The van der Waals surface area contributed by atoms with Crippen molar-refractivity contribution < 1.29 is 18.3 Å². The van der Waals surface area contributed by atoms with Gasteiger partial charge in [0.15, 0.2) is 0 Å². The first-order valence-corrected chi connectivity index (χ1v) is 12.5. The summed E-state index contributed by atoms with van der Waals surface area (Å²) in [5.74, 6) is -1.56. The lowest BCUT2D eigenvalue weighted by atomic mass is 9.94. The first-order valence-electron chi connectivity index (χ1n) is 12.5. The largest absolute Gasteiger partial charge is 0.466 e. The van der Waals surface area contributed by atoms with Crippen LogP contribution in [0, 0.1) is 11.6 Å². The van der Waals surface area contributed by atoms with Crippen molar-refractivity contribution in [3.63, 3.8) is 0 Å². The van der Waals surface area contributed by atoms with Gasteiger partial charge >= 0.3 is 5.97 Å². The number of nitrogens with zero attached hydrogens (tertiary/aromatic N) is 1. The molecule has 4 aromatic carbocycles. The molecule has 0 aliphatic heterocycles. The van der Waals surface area contributed by atoms with Crippen molar-refractivity contribution in [3.05, 3.63) is 131 Å². The molecule has 0 aromatic heterocycles. The second-order valence-corrected chi connectivity index (χ2v) is 9.05. The summed E-state index contributed by atoms with van der Waals surface area (Å²) in [5.41, 5.74) is 4.23. The van der Waals surface area contributed by atoms with Gasteiger partial charge in [0.05, 0.1) is 13.0 Å². The fourth-order valence-corrected chi connectivity index (χ4v) is 4.68. The number of benzene rings is 4. The number of ether oxygens (including phenoxy) is 1. The zero-order valence-corrected chi connectivity index (χ0v) is 21.1. The van der Waals surface area contributed by atoms with E-state index in [4.69, 9.17) is 4.74 Å². The van der Waals surface area contributed by atoms with Gasteiger partial charge in [0.25, 0.3) is 0 Å². The minimum Gasteiger partial charge on any atom is -0.466 e. The van der Waals surface area contributed by atoms with Crippen LogP contribution in [0.5, 0.6) is 0 Å². The molecule has 0 saturated heterocycles. The van der Waals surface area contributed by atoms with Gasteiger partial charge in [-0.1, -0.05) is 78.9 Å². The first-order chi connectivity index (χ1) is 17.9. The SMILES string of the molecule is CCOC(=O)C[C@@H](c1cccc(-c2cc(F)cc(F)c2)c1)N(Cc1ccccc1)[C@H](C)c1ccccc1. The highest BCUT2D eigenvalue weighted by Gasteiger charge is 2.29. The number of halogens is 2. The molecule has 0 aliphatic carbocycles. The molecule has 0 N–H and O–H groups in total. The summed E-state index contributed by atoms with van der Waals surface area (Å²) >= 11 is 0. The Kier molecular flexibility index (Phi) is 8.81. The Hall–Kier alpha value is -3.83. The highest BCUT2D eigenvalue weighted by molar-refractivity contribution is 5.71. The Labute approximate surface area is 217 Å². The van der Waals surface area contributed by atoms with E-state index in [1.807, 2.05) is 60.7 Å². The Morgan fingerprint density at radius 2 is 1.41 bits per heavy atom. The van der Waals surface area contributed by atoms with E-state index in [9.17, 15) is 13.6 Å². The van der Waals surface area contributed by atoms with E-state index in [-0.39, 0.29) is 24.5 Å². The van der Waals surface area contributed by atoms with Crippen LogP contribution >= 0.6 is 0 Å². The third kappa shape index (κ3) is 6.89. The number of rotatable bonds is 10. The Bertz CT molecular complexity index is 1290. The van der Waals surface area contributed by atoms with E-state index in [1.165, 1.54) is 12.1 Å². The lowest BCUT2D eigenvalue weighted by molar-refractivity contribution is -0.145. The molecular weight excluding hydrogens is 468 g/mol. The highest BCUT2D eigenvalue weighted by atomic mass is 19.1. The van der Waals surface area contributed by atoms with Gasteiger partial charge in [0, 0.05) is 24.7 Å². The van der Waals surface area contributed by atoms with Crippen molar-refractivity contribution in [2.45, 2.75) is 38.9 Å². The summed E-state index contributed by atoms with van der Waals surface area (Å²) in [5, 5.41) is 0. The Morgan fingerprint density at radius 3 is 2.05 bits per heavy atom. The maximum Gasteiger partial charge on any atom is 0.307 e. The minimum absolute atomic E-state index is 0.0314. The molecular formula is C32H31F2NO2. The number of esters is 1. The lowest BCUT2D eigenvalue weighted by Gasteiger charge is -2.37. The van der Waals surface area contributed by atoms with Gasteiger partial charge in [0.2, 0.25) is 0 Å². The fourth-order valence-electron chi connectivity index (χ4n) is 4.68. The highest BCUT2D eigenvalue weighted by Crippen LogP contribution is 2.36. The van der Waals surface area contributed by atoms with Gasteiger partial charge in [-0.25, -0.2) is 8.78 Å². The molecule has 0 amide bonds. The number of carbonyl (C=O) groups is 1. The Morgan fingerprint density at radius 1 is 0.784 bits per heavy atom. The molecule has 2 atom stereocenters. The van der Waals surface area contributed by atoms with Crippen LogP contribution in [0.2, 0.25) is 0 Å². The average Bonchev–Trinajstić information content (AvgIpc) is 2.91. The van der Waals surface area contributed by atoms with Crippen molar-refractivity contribution in [2.24, 2.45) is 0 Å². The second kappa shape index (κ2) is 12.4. The van der Waals surface area contributed by atoms with Gasteiger partial charge in [-0.15, -0.1) is 0 Å². The molecule has 4 rings (SSSR count). The van der Waals surface area contributed by atoms with Crippen molar-refractivity contribution in [2.75, 3.05) is 6.61 Å². The summed E-state index contributed by atoms with van der Waals surface area (Å²) in [6.07, 6.45) is 0.138. The van der Waals surface area contributed by atoms with Crippen LogP contribution in [0.15, 0.2) is 103 Å². The van der Waals surface area contributed by atoms with Gasteiger partial charge in [0.1, 0.15) is 11.6 Å². The van der Waals surface area contributed by atoms with Crippen molar-refractivity contribution in [1.82, 2.24) is 4.90 Å². The predicted octanol–water partition coefficient (Wildman–Crippen LogP) is 7.89. The summed E-state index contributed by atoms with van der Waals surface area (Å²) in [4.78, 5) is 15.1. The van der Waals surface area contributed by atoms with Crippen LogP contribution < -0.4 is 0 Å². The third-order valence-electron chi connectivity index (χ3n) is 6.52. The van der Waals surface area contributed by atoms with Crippen LogP contribution in [0.3, 0.4) is 0 Å². The van der Waals surface area contributed by atoms with E-state index in [0.29, 0.717) is 24.3 Å². The summed E-state index contributed by atoms with van der Waals surface area (Å²) in [6.45, 7) is 4.81. The average molecular weight is 500 g/mol. The van der Waals surface area contributed by atoms with E-state index in [1.54, 1.807) is 6.92 Å². The molecule has 0 saturated carbocycles. The van der Waals surface area contributed by atoms with E-state index in [2.05, 4.69) is 36.1 Å². The summed E-state index contributed by atoms with van der Waals surface area (Å²) in [7, 11) is 0. The maximum absolute atomic E-state index is 14.0. The molecule has 190 valence electrons. The molecule has 0 unspecified atom stereocenters. The van der Waals surface area contributed by atoms with Crippen LogP contribution in [-0.4, -0.2) is 17.5 Å². The normalized spacial score (nSPS) is 12.8. The molecule has 0 bridgehead atoms. The quantitative estimate of drug-likeness (QED) is 0.208. The lowest BCUT2D eigenvalue weighted by Crippen LogP contribution is -2.33. The standard InChI is InChI=1S/C32H31F2NO2/c1-3-37-32(36)21-31(27-16-10-15-26(17-27)28-18-29(33)20-30(34)19-28)35(22-24-11-6-4-7-12-24)23(2)25-13-8-5-9-14-25/h4-20,23,31H,3,21-22H2,1-2H3/t23-,31+/m1/s1. The molecule has 0 spiro atoms. The molecule has 0 fully saturated rings. The third-order valence-corrected chi connectivity index (χ3v) is 6.52. The van der Waals surface area contributed by atoms with E-state index in [0.717, 1.165) is 22.8 Å². The van der Waals surface area contributed by atoms with Crippen molar-refractivity contribution in [1.29, 1.82) is 0 Å². The molecule has 0 radical (unpaired) electrons. The molecule has 0 aliphatic rings. The topological polar surface area (TPSA) is 29.5 Å². The zero-order chi connectivity index (χ0) is 26.2. The fraction of sp³-hybridized carbons (Fsp3) is 0.219. The van der Waals surface area contributed by atoms with Crippen molar-refractivity contribution in [3.8, 4) is 11.1 Å². The number of hydrogen-bond acceptors (Lipinski definition) is 3. The van der Waals surface area contributed by atoms with Crippen LogP contribution in [0.1, 0.15) is 49.0 Å². The van der Waals surface area contributed by atoms with Crippen LogP contribution in [0.4, 0.5) is 8.78 Å². The summed E-state index contributed by atoms with van der Waals surface area (Å²) < 4.78 is 33.3. The monoisotopic (exact) mass is 499 g/mol. The summed E-state index contributed by atoms with van der Waals surface area (Å²) in [6, 6.07) is 30.9. The molecule has 37 heavy (non-hydrogen) atoms. The zero-order valence-electron chi connectivity index (χ0n) is 21.1. The molecule has 4 aromatic rings. The maximum atomic E-state index is 14.0.